The van der Waals surface area contributed by atoms with Gasteiger partial charge >= 0.3 is 6.09 Å². The molecule has 0 aliphatic heterocycles. The molecule has 0 aliphatic carbocycles. The normalized spacial score (nSPS) is 11.0. The van der Waals surface area contributed by atoms with E-state index in [0.717, 1.165) is 23.3 Å². The van der Waals surface area contributed by atoms with Gasteiger partial charge in [0.25, 0.3) is 0 Å². The second kappa shape index (κ2) is 13.2. The molecule has 2 amide bonds. The first-order valence-corrected chi connectivity index (χ1v) is 14.5. The van der Waals surface area contributed by atoms with Crippen LogP contribution in [0.4, 0.5) is 9.18 Å². The van der Waals surface area contributed by atoms with E-state index in [4.69, 9.17) is 15.3 Å². The van der Waals surface area contributed by atoms with Gasteiger partial charge in [0.2, 0.25) is 15.9 Å². The number of primary sulfonamides is 1. The van der Waals surface area contributed by atoms with Gasteiger partial charge in [0.05, 0.1) is 11.3 Å². The van der Waals surface area contributed by atoms with Crippen molar-refractivity contribution in [2.45, 2.75) is 24.8 Å². The molecule has 4 N–H and O–H groups in total. The fourth-order valence-corrected chi connectivity index (χ4v) is 5.03. The van der Waals surface area contributed by atoms with Gasteiger partial charge in [-0.1, -0.05) is 60.7 Å². The van der Waals surface area contributed by atoms with Crippen LogP contribution in [0.15, 0.2) is 102 Å². The number of nitrogens with two attached hydrogens (primary N) is 1. The molecular weight excluding hydrogens is 559 g/mol. The summed E-state index contributed by atoms with van der Waals surface area (Å²) in [5, 5.41) is 16.0. The number of amides is 2. The largest absolute Gasteiger partial charge is 0.418 e. The number of hydrogen-bond donors (Lipinski definition) is 3. The van der Waals surface area contributed by atoms with Crippen molar-refractivity contribution in [2.24, 2.45) is 5.14 Å². The van der Waals surface area contributed by atoms with Gasteiger partial charge in [-0.2, -0.15) is 0 Å². The van der Waals surface area contributed by atoms with E-state index in [-0.39, 0.29) is 35.4 Å². The molecule has 0 saturated heterocycles. The van der Waals surface area contributed by atoms with Crippen molar-refractivity contribution in [1.29, 1.82) is 5.41 Å². The number of amidine groups is 1. The first-order chi connectivity index (χ1) is 20.0. The number of rotatable bonds is 9. The van der Waals surface area contributed by atoms with E-state index in [1.807, 2.05) is 13.0 Å². The van der Waals surface area contributed by atoms with Gasteiger partial charge in [-0.05, 0) is 60.0 Å². The summed E-state index contributed by atoms with van der Waals surface area (Å²) in [6.07, 6.45) is -0.751. The van der Waals surface area contributed by atoms with Gasteiger partial charge in [0.15, 0.2) is 0 Å². The van der Waals surface area contributed by atoms with Gasteiger partial charge in [0.1, 0.15) is 17.4 Å². The molecule has 0 unspecified atom stereocenters. The summed E-state index contributed by atoms with van der Waals surface area (Å²) in [6.45, 7) is 2.60. The maximum atomic E-state index is 13.1. The molecule has 11 heteroatoms. The van der Waals surface area contributed by atoms with Crippen molar-refractivity contribution in [1.82, 2.24) is 10.2 Å². The predicted molar refractivity (Wildman–Crippen MR) is 157 cm³/mol. The van der Waals surface area contributed by atoms with Gasteiger partial charge in [-0.25, -0.2) is 22.7 Å². The molecule has 0 aliphatic rings. The third kappa shape index (κ3) is 7.87. The molecule has 216 valence electrons. The van der Waals surface area contributed by atoms with Crippen LogP contribution in [0.1, 0.15) is 23.6 Å². The minimum absolute atomic E-state index is 0.0290. The number of carbonyl (C=O) groups excluding carboxylic acids is 2. The van der Waals surface area contributed by atoms with Crippen molar-refractivity contribution in [3.05, 3.63) is 120 Å². The summed E-state index contributed by atoms with van der Waals surface area (Å²) in [5.74, 6) is -0.636. The van der Waals surface area contributed by atoms with Crippen LogP contribution in [0.3, 0.4) is 0 Å². The van der Waals surface area contributed by atoms with Crippen LogP contribution >= 0.6 is 0 Å². The lowest BCUT2D eigenvalue weighted by molar-refractivity contribution is -0.130. The van der Waals surface area contributed by atoms with Gasteiger partial charge in [-0.3, -0.25) is 15.5 Å². The van der Waals surface area contributed by atoms with Crippen LogP contribution in [-0.2, 0) is 27.8 Å². The third-order valence-corrected chi connectivity index (χ3v) is 7.36. The molecule has 0 spiro atoms. The van der Waals surface area contributed by atoms with Gasteiger partial charge in [0, 0.05) is 24.2 Å². The van der Waals surface area contributed by atoms with Crippen molar-refractivity contribution < 1.29 is 27.1 Å². The average Bonchev–Trinajstić information content (AvgIpc) is 2.97. The Morgan fingerprint density at radius 2 is 1.62 bits per heavy atom. The second-order valence-electron chi connectivity index (χ2n) is 9.37. The van der Waals surface area contributed by atoms with Crippen LogP contribution in [0.5, 0.6) is 5.75 Å². The van der Waals surface area contributed by atoms with Crippen LogP contribution in [-0.4, -0.2) is 37.7 Å². The van der Waals surface area contributed by atoms with Crippen LogP contribution in [0, 0.1) is 11.2 Å². The summed E-state index contributed by atoms with van der Waals surface area (Å²) in [6, 6.07) is 25.3. The molecule has 0 saturated carbocycles. The number of halogens is 1. The first-order valence-electron chi connectivity index (χ1n) is 12.9. The Hall–Kier alpha value is -4.87. The summed E-state index contributed by atoms with van der Waals surface area (Å²) in [4.78, 5) is 27.0. The number of sulfonamides is 1. The zero-order chi connectivity index (χ0) is 30.3. The summed E-state index contributed by atoms with van der Waals surface area (Å²) >= 11 is 0. The van der Waals surface area contributed by atoms with E-state index in [9.17, 15) is 22.4 Å². The Labute approximate surface area is 243 Å². The first kappa shape index (κ1) is 30.1. The molecule has 4 rings (SSSR count). The minimum atomic E-state index is -3.90. The maximum absolute atomic E-state index is 13.1. The van der Waals surface area contributed by atoms with E-state index in [2.05, 4.69) is 5.32 Å². The lowest BCUT2D eigenvalue weighted by Crippen LogP contribution is -2.33. The molecule has 0 atom stereocenters. The van der Waals surface area contributed by atoms with E-state index < -0.39 is 21.9 Å². The Kier molecular flexibility index (Phi) is 9.46. The number of ether oxygens (including phenoxy) is 1. The molecular formula is C31H29FN4O5S. The average molecular weight is 589 g/mol. The smallest absolute Gasteiger partial charge is 0.410 e. The Balaban J connectivity index is 1.38. The minimum Gasteiger partial charge on any atom is -0.410 e. The maximum Gasteiger partial charge on any atom is 0.418 e. The van der Waals surface area contributed by atoms with Gasteiger partial charge in [-0.15, -0.1) is 0 Å². The standard InChI is InChI=1S/C31H29FN4O5S/c1-2-36(29(37)19-21-10-12-23(13-11-21)27-8-3-4-9-28(27)42(34,39)40)20-22-6-5-7-24(18-22)30(33)35-31(38)41-26-16-14-25(32)15-17-26/h3-18H,2,19-20H2,1H3,(H2,33,35,38)(H2,34,39,40). The molecule has 4 aromatic carbocycles. The zero-order valence-electron chi connectivity index (χ0n) is 22.7. The molecule has 0 radical (unpaired) electrons. The highest BCUT2D eigenvalue weighted by molar-refractivity contribution is 7.89. The quantitative estimate of drug-likeness (QED) is 0.189. The highest BCUT2D eigenvalue weighted by Crippen LogP contribution is 2.27. The SMILES string of the molecule is CCN(Cc1cccc(C(=N)NC(=O)Oc2ccc(F)cc2)c1)C(=O)Cc1ccc(-c2ccccc2S(N)(=O)=O)cc1. The van der Waals surface area contributed by atoms with Crippen LogP contribution < -0.4 is 15.2 Å². The van der Waals surface area contributed by atoms with E-state index >= 15 is 0 Å². The number of nitrogens with zero attached hydrogens (tertiary/aromatic N) is 1. The predicted octanol–water partition coefficient (Wildman–Crippen LogP) is 4.85. The van der Waals surface area contributed by atoms with Crippen LogP contribution in [0.25, 0.3) is 11.1 Å². The van der Waals surface area contributed by atoms with Gasteiger partial charge < -0.3 is 9.64 Å². The number of nitrogens with one attached hydrogen (secondary N) is 2. The topological polar surface area (TPSA) is 143 Å². The highest BCUT2D eigenvalue weighted by atomic mass is 32.2. The lowest BCUT2D eigenvalue weighted by Gasteiger charge is -2.21. The molecule has 0 bridgehead atoms. The molecule has 0 fully saturated rings. The monoisotopic (exact) mass is 588 g/mol. The number of benzene rings is 4. The summed E-state index contributed by atoms with van der Waals surface area (Å²) in [5.41, 5.74) is 3.09. The summed E-state index contributed by atoms with van der Waals surface area (Å²) < 4.78 is 42.0. The highest BCUT2D eigenvalue weighted by Gasteiger charge is 2.17. The molecule has 0 aromatic heterocycles. The van der Waals surface area contributed by atoms with Crippen molar-refractivity contribution >= 4 is 27.9 Å². The molecule has 4 aromatic rings. The zero-order valence-corrected chi connectivity index (χ0v) is 23.5. The van der Waals surface area contributed by atoms with Crippen molar-refractivity contribution in [3.63, 3.8) is 0 Å². The van der Waals surface area contributed by atoms with E-state index in [1.165, 1.54) is 18.2 Å². The van der Waals surface area contributed by atoms with Crippen molar-refractivity contribution in [3.8, 4) is 16.9 Å². The van der Waals surface area contributed by atoms with Crippen molar-refractivity contribution in [2.75, 3.05) is 6.54 Å². The molecule has 0 heterocycles. The number of likely N-dealkylation sites (N-methyl/N-ethyl adjacent to an activating group) is 1. The molecule has 42 heavy (non-hydrogen) atoms. The Bertz CT molecular complexity index is 1710. The Morgan fingerprint density at radius 3 is 2.29 bits per heavy atom. The van der Waals surface area contributed by atoms with E-state index in [1.54, 1.807) is 65.6 Å². The second-order valence-corrected chi connectivity index (χ2v) is 10.9. The number of hydrogen-bond acceptors (Lipinski definition) is 6. The van der Waals surface area contributed by atoms with E-state index in [0.29, 0.717) is 23.2 Å². The Morgan fingerprint density at radius 1 is 0.929 bits per heavy atom. The fourth-order valence-electron chi connectivity index (χ4n) is 4.27. The number of carbonyl (C=O) groups is 2. The molecule has 9 nitrogen and oxygen atoms in total. The third-order valence-electron chi connectivity index (χ3n) is 6.39. The summed E-state index contributed by atoms with van der Waals surface area (Å²) in [7, 11) is -3.90. The lowest BCUT2D eigenvalue weighted by atomic mass is 10.0. The van der Waals surface area contributed by atoms with Crippen LogP contribution in [0.2, 0.25) is 0 Å². The fraction of sp³-hybridized carbons (Fsp3) is 0.129.